The van der Waals surface area contributed by atoms with Crippen molar-refractivity contribution in [1.29, 1.82) is 0 Å². The average molecular weight is 280 g/mol. The first-order valence-electron chi connectivity index (χ1n) is 5.26. The smallest absolute Gasteiger partial charge is 0.335 e. The molecule has 0 aromatic heterocycles. The van der Waals surface area contributed by atoms with Gasteiger partial charge >= 0.3 is 5.97 Å². The second kappa shape index (κ2) is 4.81. The minimum atomic E-state index is -3.98. The SMILES string of the molecule is O=C(O)c1ccc(S(=O)(=O)c2ccccc2F)cc1. The molecule has 19 heavy (non-hydrogen) atoms. The normalized spacial score (nSPS) is 11.2. The van der Waals surface area contributed by atoms with Gasteiger partial charge in [0.05, 0.1) is 10.5 Å². The van der Waals surface area contributed by atoms with Gasteiger partial charge in [0.1, 0.15) is 10.7 Å². The molecule has 0 spiro atoms. The molecule has 0 heterocycles. The summed E-state index contributed by atoms with van der Waals surface area (Å²) in [5, 5.41) is 8.73. The van der Waals surface area contributed by atoms with Gasteiger partial charge in [0.15, 0.2) is 0 Å². The summed E-state index contributed by atoms with van der Waals surface area (Å²) in [6.45, 7) is 0. The van der Waals surface area contributed by atoms with Gasteiger partial charge in [0.25, 0.3) is 0 Å². The lowest BCUT2D eigenvalue weighted by Gasteiger charge is -2.05. The van der Waals surface area contributed by atoms with Gasteiger partial charge in [0, 0.05) is 0 Å². The van der Waals surface area contributed by atoms with E-state index in [2.05, 4.69) is 0 Å². The Morgan fingerprint density at radius 3 is 2.11 bits per heavy atom. The first kappa shape index (κ1) is 13.2. The molecular formula is C13H9FO4S. The van der Waals surface area contributed by atoms with Crippen molar-refractivity contribution in [2.45, 2.75) is 9.79 Å². The van der Waals surface area contributed by atoms with Crippen LogP contribution in [0.1, 0.15) is 10.4 Å². The molecule has 0 amide bonds. The molecule has 0 saturated carbocycles. The summed E-state index contributed by atoms with van der Waals surface area (Å²) in [6.07, 6.45) is 0. The predicted octanol–water partition coefficient (Wildman–Crippen LogP) is 2.36. The number of hydrogen-bond acceptors (Lipinski definition) is 3. The van der Waals surface area contributed by atoms with E-state index in [0.29, 0.717) is 0 Å². The molecule has 0 unspecified atom stereocenters. The number of rotatable bonds is 3. The van der Waals surface area contributed by atoms with Crippen LogP contribution >= 0.6 is 0 Å². The molecule has 0 radical (unpaired) electrons. The largest absolute Gasteiger partial charge is 0.478 e. The van der Waals surface area contributed by atoms with E-state index in [1.165, 1.54) is 12.1 Å². The molecule has 0 aliphatic rings. The van der Waals surface area contributed by atoms with Gasteiger partial charge in [-0.1, -0.05) is 12.1 Å². The molecule has 0 saturated heterocycles. The molecule has 0 fully saturated rings. The molecule has 98 valence electrons. The monoisotopic (exact) mass is 280 g/mol. The summed E-state index contributed by atoms with van der Waals surface area (Å²) >= 11 is 0. The molecule has 4 nitrogen and oxygen atoms in total. The first-order valence-corrected chi connectivity index (χ1v) is 6.74. The van der Waals surface area contributed by atoms with Crippen LogP contribution < -0.4 is 0 Å². The number of carbonyl (C=O) groups is 1. The van der Waals surface area contributed by atoms with Crippen LogP contribution in [0.5, 0.6) is 0 Å². The van der Waals surface area contributed by atoms with Crippen molar-refractivity contribution < 1.29 is 22.7 Å². The number of carboxylic acids is 1. The Morgan fingerprint density at radius 1 is 1.00 bits per heavy atom. The van der Waals surface area contributed by atoms with Crippen molar-refractivity contribution in [2.75, 3.05) is 0 Å². The van der Waals surface area contributed by atoms with Crippen molar-refractivity contribution in [1.82, 2.24) is 0 Å². The van der Waals surface area contributed by atoms with Crippen LogP contribution in [-0.4, -0.2) is 19.5 Å². The van der Waals surface area contributed by atoms with E-state index in [1.54, 1.807) is 0 Å². The van der Waals surface area contributed by atoms with Gasteiger partial charge in [-0.25, -0.2) is 17.6 Å². The Labute approximate surface area is 109 Å². The van der Waals surface area contributed by atoms with Crippen LogP contribution in [0.4, 0.5) is 4.39 Å². The van der Waals surface area contributed by atoms with Gasteiger partial charge in [0.2, 0.25) is 9.84 Å². The van der Waals surface area contributed by atoms with Crippen molar-refractivity contribution >= 4 is 15.8 Å². The molecule has 6 heteroatoms. The minimum Gasteiger partial charge on any atom is -0.478 e. The highest BCUT2D eigenvalue weighted by molar-refractivity contribution is 7.91. The Bertz CT molecular complexity index is 721. The second-order valence-electron chi connectivity index (χ2n) is 3.76. The molecule has 2 rings (SSSR count). The zero-order chi connectivity index (χ0) is 14.0. The second-order valence-corrected chi connectivity index (χ2v) is 5.68. The predicted molar refractivity (Wildman–Crippen MR) is 65.3 cm³/mol. The Hall–Kier alpha value is -2.21. The van der Waals surface area contributed by atoms with Gasteiger partial charge in [-0.2, -0.15) is 0 Å². The van der Waals surface area contributed by atoms with E-state index in [4.69, 9.17) is 5.11 Å². The highest BCUT2D eigenvalue weighted by atomic mass is 32.2. The standard InChI is InChI=1S/C13H9FO4S/c14-11-3-1-2-4-12(11)19(17,18)10-7-5-9(6-8-10)13(15)16/h1-8H,(H,15,16). The number of sulfone groups is 1. The van der Waals surface area contributed by atoms with E-state index >= 15 is 0 Å². The van der Waals surface area contributed by atoms with E-state index in [1.807, 2.05) is 0 Å². The molecular weight excluding hydrogens is 271 g/mol. The lowest BCUT2D eigenvalue weighted by atomic mass is 10.2. The highest BCUT2D eigenvalue weighted by Gasteiger charge is 2.21. The van der Waals surface area contributed by atoms with Gasteiger partial charge in [-0.05, 0) is 36.4 Å². The van der Waals surface area contributed by atoms with E-state index in [0.717, 1.165) is 36.4 Å². The van der Waals surface area contributed by atoms with Crippen LogP contribution in [0, 0.1) is 5.82 Å². The molecule has 2 aromatic rings. The quantitative estimate of drug-likeness (QED) is 0.936. The third-order valence-electron chi connectivity index (χ3n) is 2.54. The highest BCUT2D eigenvalue weighted by Crippen LogP contribution is 2.23. The maximum absolute atomic E-state index is 13.5. The van der Waals surface area contributed by atoms with Crippen LogP contribution in [0.15, 0.2) is 58.3 Å². The molecule has 0 aliphatic heterocycles. The van der Waals surface area contributed by atoms with Crippen LogP contribution in [0.3, 0.4) is 0 Å². The fraction of sp³-hybridized carbons (Fsp3) is 0. The van der Waals surface area contributed by atoms with E-state index < -0.39 is 26.5 Å². The Balaban J connectivity index is 2.52. The number of halogens is 1. The lowest BCUT2D eigenvalue weighted by molar-refractivity contribution is 0.0696. The third kappa shape index (κ3) is 2.48. The van der Waals surface area contributed by atoms with Crippen LogP contribution in [0.25, 0.3) is 0 Å². The summed E-state index contributed by atoms with van der Waals surface area (Å²) in [4.78, 5) is 10.1. The molecule has 0 bridgehead atoms. The summed E-state index contributed by atoms with van der Waals surface area (Å²) in [5.41, 5.74) is -0.0347. The van der Waals surface area contributed by atoms with Crippen molar-refractivity contribution in [3.8, 4) is 0 Å². The molecule has 1 N–H and O–H groups in total. The number of hydrogen-bond donors (Lipinski definition) is 1. The summed E-state index contributed by atoms with van der Waals surface area (Å²) in [7, 11) is -3.98. The Morgan fingerprint density at radius 2 is 1.58 bits per heavy atom. The zero-order valence-corrected chi connectivity index (χ0v) is 10.4. The minimum absolute atomic E-state index is 0.0347. The summed E-state index contributed by atoms with van der Waals surface area (Å²) < 4.78 is 37.8. The molecule has 0 aliphatic carbocycles. The average Bonchev–Trinajstić information content (AvgIpc) is 2.39. The number of aromatic carboxylic acids is 1. The van der Waals surface area contributed by atoms with E-state index in [9.17, 15) is 17.6 Å². The summed E-state index contributed by atoms with van der Waals surface area (Å²) in [5.74, 6) is -2.00. The first-order chi connectivity index (χ1) is 8.93. The van der Waals surface area contributed by atoms with Gasteiger partial charge in [-0.15, -0.1) is 0 Å². The maximum atomic E-state index is 13.5. The number of carboxylic acid groups (broad SMARTS) is 1. The van der Waals surface area contributed by atoms with Crippen molar-refractivity contribution in [2.24, 2.45) is 0 Å². The van der Waals surface area contributed by atoms with Gasteiger partial charge in [-0.3, -0.25) is 0 Å². The fourth-order valence-corrected chi connectivity index (χ4v) is 2.90. The number of benzene rings is 2. The van der Waals surface area contributed by atoms with Crippen LogP contribution in [-0.2, 0) is 9.84 Å². The fourth-order valence-electron chi connectivity index (χ4n) is 1.57. The van der Waals surface area contributed by atoms with Crippen molar-refractivity contribution in [3.63, 3.8) is 0 Å². The lowest BCUT2D eigenvalue weighted by Crippen LogP contribution is -2.05. The topological polar surface area (TPSA) is 71.4 Å². The molecule has 0 atom stereocenters. The summed E-state index contributed by atoms with van der Waals surface area (Å²) in [6, 6.07) is 9.64. The van der Waals surface area contributed by atoms with Gasteiger partial charge < -0.3 is 5.11 Å². The third-order valence-corrected chi connectivity index (χ3v) is 4.34. The maximum Gasteiger partial charge on any atom is 0.335 e. The van der Waals surface area contributed by atoms with Crippen molar-refractivity contribution in [3.05, 3.63) is 59.9 Å². The zero-order valence-electron chi connectivity index (χ0n) is 9.58. The van der Waals surface area contributed by atoms with E-state index in [-0.39, 0.29) is 10.5 Å². The Kier molecular flexibility index (Phi) is 3.35. The molecule has 2 aromatic carbocycles. The van der Waals surface area contributed by atoms with Crippen LogP contribution in [0.2, 0.25) is 0 Å².